The summed E-state index contributed by atoms with van der Waals surface area (Å²) < 4.78 is 10.9. The Balaban J connectivity index is 1.24. The van der Waals surface area contributed by atoms with Crippen molar-refractivity contribution in [2.24, 2.45) is 0 Å². The highest BCUT2D eigenvalue weighted by molar-refractivity contribution is 6.30. The standard InChI is InChI=1S/C23H18ClN5O2/c24-22-16(6-15-7-20-21(31-13-30-20)8-19(15)27-22)11-29-5-3-18-17(12-29)10-26-23(28-18)14-2-1-4-25-9-14/h1-2,4,6-10H,3,5,11-13H2. The Morgan fingerprint density at radius 3 is 2.84 bits per heavy atom. The summed E-state index contributed by atoms with van der Waals surface area (Å²) in [5.41, 5.74) is 4.97. The van der Waals surface area contributed by atoms with Crippen LogP contribution in [-0.2, 0) is 19.5 Å². The van der Waals surface area contributed by atoms with Gasteiger partial charge in [0.1, 0.15) is 5.15 Å². The number of benzene rings is 1. The molecule has 0 aliphatic carbocycles. The molecule has 0 bridgehead atoms. The van der Waals surface area contributed by atoms with E-state index >= 15 is 0 Å². The molecule has 0 unspecified atom stereocenters. The van der Waals surface area contributed by atoms with Gasteiger partial charge in [0.2, 0.25) is 6.79 Å². The topological polar surface area (TPSA) is 73.3 Å². The van der Waals surface area contributed by atoms with Crippen LogP contribution in [0.1, 0.15) is 16.8 Å². The summed E-state index contributed by atoms with van der Waals surface area (Å²) in [5.74, 6) is 2.18. The van der Waals surface area contributed by atoms with Crippen LogP contribution in [0.4, 0.5) is 0 Å². The third kappa shape index (κ3) is 3.45. The Kier molecular flexibility index (Phi) is 4.44. The van der Waals surface area contributed by atoms with Gasteiger partial charge in [-0.2, -0.15) is 0 Å². The largest absolute Gasteiger partial charge is 0.454 e. The van der Waals surface area contributed by atoms with E-state index in [2.05, 4.69) is 25.9 Å². The summed E-state index contributed by atoms with van der Waals surface area (Å²) in [5, 5.41) is 1.51. The van der Waals surface area contributed by atoms with Crippen molar-refractivity contribution in [3.8, 4) is 22.9 Å². The number of hydrogen-bond donors (Lipinski definition) is 0. The Morgan fingerprint density at radius 2 is 1.97 bits per heavy atom. The molecule has 8 heteroatoms. The zero-order chi connectivity index (χ0) is 20.8. The molecule has 0 saturated carbocycles. The van der Waals surface area contributed by atoms with Crippen LogP contribution in [-0.4, -0.2) is 38.2 Å². The fraction of sp³-hybridized carbons (Fsp3) is 0.217. The van der Waals surface area contributed by atoms with Crippen molar-refractivity contribution in [2.75, 3.05) is 13.3 Å². The maximum absolute atomic E-state index is 6.52. The average Bonchev–Trinajstić information content (AvgIpc) is 3.25. The van der Waals surface area contributed by atoms with E-state index in [1.165, 1.54) is 0 Å². The van der Waals surface area contributed by atoms with E-state index in [-0.39, 0.29) is 6.79 Å². The van der Waals surface area contributed by atoms with Gasteiger partial charge in [-0.25, -0.2) is 15.0 Å². The first-order chi connectivity index (χ1) is 15.2. The molecule has 0 N–H and O–H groups in total. The van der Waals surface area contributed by atoms with Gasteiger partial charge in [0.25, 0.3) is 0 Å². The molecule has 1 aromatic carbocycles. The van der Waals surface area contributed by atoms with Crippen LogP contribution < -0.4 is 9.47 Å². The minimum absolute atomic E-state index is 0.240. The van der Waals surface area contributed by atoms with Gasteiger partial charge in [-0.3, -0.25) is 9.88 Å². The van der Waals surface area contributed by atoms with E-state index in [1.807, 2.05) is 30.5 Å². The van der Waals surface area contributed by atoms with Gasteiger partial charge in [0.15, 0.2) is 17.3 Å². The number of halogens is 1. The molecular formula is C23H18ClN5O2. The van der Waals surface area contributed by atoms with Crippen LogP contribution in [0.5, 0.6) is 11.5 Å². The van der Waals surface area contributed by atoms with Gasteiger partial charge in [0, 0.05) is 72.8 Å². The molecule has 0 saturated heterocycles. The molecule has 7 nitrogen and oxygen atoms in total. The van der Waals surface area contributed by atoms with E-state index in [1.54, 1.807) is 12.4 Å². The van der Waals surface area contributed by atoms with E-state index in [9.17, 15) is 0 Å². The summed E-state index contributed by atoms with van der Waals surface area (Å²) in [6.07, 6.45) is 6.33. The van der Waals surface area contributed by atoms with Crippen LogP contribution in [0.3, 0.4) is 0 Å². The van der Waals surface area contributed by atoms with Gasteiger partial charge < -0.3 is 9.47 Å². The molecule has 3 aromatic heterocycles. The average molecular weight is 432 g/mol. The van der Waals surface area contributed by atoms with Crippen molar-refractivity contribution in [1.82, 2.24) is 24.8 Å². The number of aromatic nitrogens is 4. The monoisotopic (exact) mass is 431 g/mol. The van der Waals surface area contributed by atoms with Crippen molar-refractivity contribution in [3.63, 3.8) is 0 Å². The fourth-order valence-electron chi connectivity index (χ4n) is 4.08. The minimum atomic E-state index is 0.240. The molecule has 6 rings (SSSR count). The van der Waals surface area contributed by atoms with Crippen LogP contribution in [0.25, 0.3) is 22.3 Å². The maximum Gasteiger partial charge on any atom is 0.231 e. The third-order valence-electron chi connectivity index (χ3n) is 5.66. The van der Waals surface area contributed by atoms with Gasteiger partial charge in [-0.1, -0.05) is 11.6 Å². The second kappa shape index (κ2) is 7.44. The maximum atomic E-state index is 6.52. The van der Waals surface area contributed by atoms with E-state index in [4.69, 9.17) is 26.1 Å². The van der Waals surface area contributed by atoms with Crippen LogP contribution in [0, 0.1) is 0 Å². The predicted octanol–water partition coefficient (Wildman–Crippen LogP) is 4.03. The molecule has 4 aromatic rings. The molecule has 5 heterocycles. The van der Waals surface area contributed by atoms with Crippen molar-refractivity contribution < 1.29 is 9.47 Å². The van der Waals surface area contributed by atoms with Crippen LogP contribution in [0.2, 0.25) is 5.15 Å². The first-order valence-electron chi connectivity index (χ1n) is 10.1. The first kappa shape index (κ1) is 18.5. The summed E-state index contributed by atoms with van der Waals surface area (Å²) >= 11 is 6.52. The second-order valence-electron chi connectivity index (χ2n) is 7.70. The van der Waals surface area contributed by atoms with Crippen molar-refractivity contribution in [3.05, 3.63) is 70.9 Å². The number of nitrogens with zero attached hydrogens (tertiary/aromatic N) is 5. The smallest absolute Gasteiger partial charge is 0.231 e. The fourth-order valence-corrected chi connectivity index (χ4v) is 4.29. The summed E-state index contributed by atoms with van der Waals surface area (Å²) in [6.45, 7) is 2.62. The van der Waals surface area contributed by atoms with Gasteiger partial charge in [-0.15, -0.1) is 0 Å². The van der Waals surface area contributed by atoms with E-state index < -0.39 is 0 Å². The molecule has 0 radical (unpaired) electrons. The van der Waals surface area contributed by atoms with Crippen molar-refractivity contribution in [2.45, 2.75) is 19.5 Å². The van der Waals surface area contributed by atoms with Crippen LogP contribution in [0.15, 0.2) is 48.9 Å². The van der Waals surface area contributed by atoms with Gasteiger partial charge in [0.05, 0.1) is 11.2 Å². The number of ether oxygens (including phenoxy) is 2. The van der Waals surface area contributed by atoms with Gasteiger partial charge >= 0.3 is 0 Å². The van der Waals surface area contributed by atoms with Crippen molar-refractivity contribution in [1.29, 1.82) is 0 Å². The minimum Gasteiger partial charge on any atom is -0.454 e. The Labute approximate surface area is 183 Å². The number of rotatable bonds is 3. The van der Waals surface area contributed by atoms with Gasteiger partial charge in [-0.05, 0) is 24.3 Å². The zero-order valence-electron chi connectivity index (χ0n) is 16.6. The lowest BCUT2D eigenvalue weighted by atomic mass is 10.1. The number of hydrogen-bond acceptors (Lipinski definition) is 7. The molecular weight excluding hydrogens is 414 g/mol. The van der Waals surface area contributed by atoms with E-state index in [0.717, 1.165) is 64.4 Å². The molecule has 0 fully saturated rings. The van der Waals surface area contributed by atoms with E-state index in [0.29, 0.717) is 17.4 Å². The molecule has 0 atom stereocenters. The summed E-state index contributed by atoms with van der Waals surface area (Å²) in [6, 6.07) is 9.80. The second-order valence-corrected chi connectivity index (χ2v) is 8.06. The van der Waals surface area contributed by atoms with Crippen LogP contribution >= 0.6 is 11.6 Å². The summed E-state index contributed by atoms with van der Waals surface area (Å²) in [7, 11) is 0. The SMILES string of the molecule is Clc1nc2cc3c(cc2cc1CN1CCc2nc(-c4cccnc4)ncc2C1)OCO3. The highest BCUT2D eigenvalue weighted by Gasteiger charge is 2.21. The molecule has 0 amide bonds. The first-order valence-corrected chi connectivity index (χ1v) is 10.5. The lowest BCUT2D eigenvalue weighted by Gasteiger charge is -2.28. The normalized spacial score (nSPS) is 15.3. The number of pyridine rings is 2. The highest BCUT2D eigenvalue weighted by Crippen LogP contribution is 2.36. The summed E-state index contributed by atoms with van der Waals surface area (Å²) in [4.78, 5) is 20.4. The molecule has 2 aliphatic heterocycles. The predicted molar refractivity (Wildman–Crippen MR) is 116 cm³/mol. The molecule has 31 heavy (non-hydrogen) atoms. The third-order valence-corrected chi connectivity index (χ3v) is 5.99. The Hall–Kier alpha value is -3.29. The molecule has 154 valence electrons. The lowest BCUT2D eigenvalue weighted by molar-refractivity contribution is 0.174. The Morgan fingerprint density at radius 1 is 1.06 bits per heavy atom. The lowest BCUT2D eigenvalue weighted by Crippen LogP contribution is -2.31. The Bertz CT molecular complexity index is 1300. The zero-order valence-corrected chi connectivity index (χ0v) is 17.3. The number of fused-ring (bicyclic) bond motifs is 3. The quantitative estimate of drug-likeness (QED) is 0.453. The molecule has 0 spiro atoms. The highest BCUT2D eigenvalue weighted by atomic mass is 35.5. The molecule has 2 aliphatic rings. The van der Waals surface area contributed by atoms with Crippen molar-refractivity contribution >= 4 is 22.5 Å².